The van der Waals surface area contributed by atoms with Crippen molar-refractivity contribution >= 4 is 33.2 Å². The zero-order valence-electron chi connectivity index (χ0n) is 12.2. The summed E-state index contributed by atoms with van der Waals surface area (Å²) in [5, 5.41) is 0. The third-order valence-corrected chi connectivity index (χ3v) is 4.59. The van der Waals surface area contributed by atoms with Crippen molar-refractivity contribution in [2.45, 2.75) is 20.0 Å². The number of benzene rings is 1. The predicted molar refractivity (Wildman–Crippen MR) is 89.2 cm³/mol. The van der Waals surface area contributed by atoms with E-state index in [-0.39, 0.29) is 18.3 Å². The van der Waals surface area contributed by atoms with Gasteiger partial charge in [0.1, 0.15) is 5.82 Å². The van der Waals surface area contributed by atoms with E-state index in [0.717, 1.165) is 14.2 Å². The van der Waals surface area contributed by atoms with Crippen LogP contribution in [0.25, 0.3) is 0 Å². The second kappa shape index (κ2) is 8.41. The van der Waals surface area contributed by atoms with Crippen molar-refractivity contribution in [2.75, 3.05) is 13.2 Å². The van der Waals surface area contributed by atoms with Gasteiger partial charge in [-0.05, 0) is 52.7 Å². The molecular formula is C16H17BrFNO2S. The molecule has 118 valence electrons. The van der Waals surface area contributed by atoms with Gasteiger partial charge in [0, 0.05) is 18.0 Å². The molecule has 0 amide bonds. The third kappa shape index (κ3) is 5.51. The topological polar surface area (TPSA) is 29.5 Å². The average molecular weight is 386 g/mol. The van der Waals surface area contributed by atoms with Crippen LogP contribution in [0.15, 0.2) is 40.2 Å². The summed E-state index contributed by atoms with van der Waals surface area (Å²) < 4.78 is 19.1. The molecule has 0 N–H and O–H groups in total. The summed E-state index contributed by atoms with van der Waals surface area (Å²) in [6.45, 7) is 3.58. The van der Waals surface area contributed by atoms with Crippen LogP contribution in [0.2, 0.25) is 0 Å². The molecular weight excluding hydrogens is 369 g/mol. The molecule has 1 heterocycles. The van der Waals surface area contributed by atoms with Crippen molar-refractivity contribution in [1.29, 1.82) is 0 Å². The van der Waals surface area contributed by atoms with Crippen molar-refractivity contribution in [3.05, 3.63) is 56.4 Å². The Hall–Kier alpha value is -1.24. The Morgan fingerprint density at radius 1 is 1.23 bits per heavy atom. The molecule has 0 radical (unpaired) electrons. The van der Waals surface area contributed by atoms with Crippen molar-refractivity contribution in [1.82, 2.24) is 4.90 Å². The van der Waals surface area contributed by atoms with Gasteiger partial charge in [-0.15, -0.1) is 11.3 Å². The number of carbonyl (C=O) groups excluding carboxylic acids is 1. The van der Waals surface area contributed by atoms with E-state index in [9.17, 15) is 9.18 Å². The molecule has 0 spiro atoms. The summed E-state index contributed by atoms with van der Waals surface area (Å²) in [4.78, 5) is 14.9. The summed E-state index contributed by atoms with van der Waals surface area (Å²) in [6, 6.07) is 10.3. The standard InChI is InChI=1S/C16H17BrFNO2S/c1-2-21-16(20)11-19(10-14-7-8-15(17)22-14)9-12-3-5-13(18)6-4-12/h3-8H,2,9-11H2,1H3. The van der Waals surface area contributed by atoms with Gasteiger partial charge in [-0.2, -0.15) is 0 Å². The number of ether oxygens (including phenoxy) is 1. The van der Waals surface area contributed by atoms with Crippen LogP contribution < -0.4 is 0 Å². The summed E-state index contributed by atoms with van der Waals surface area (Å²) >= 11 is 5.07. The van der Waals surface area contributed by atoms with Gasteiger partial charge >= 0.3 is 5.97 Å². The maximum Gasteiger partial charge on any atom is 0.320 e. The van der Waals surface area contributed by atoms with Crippen LogP contribution in [-0.4, -0.2) is 24.0 Å². The first-order chi connectivity index (χ1) is 10.6. The maximum absolute atomic E-state index is 13.0. The molecule has 0 aliphatic heterocycles. The highest BCUT2D eigenvalue weighted by Gasteiger charge is 2.14. The molecule has 0 saturated carbocycles. The van der Waals surface area contributed by atoms with E-state index < -0.39 is 0 Å². The van der Waals surface area contributed by atoms with E-state index in [1.165, 1.54) is 12.1 Å². The molecule has 0 bridgehead atoms. The smallest absolute Gasteiger partial charge is 0.320 e. The predicted octanol–water partition coefficient (Wildman–Crippen LogP) is 4.22. The van der Waals surface area contributed by atoms with Gasteiger partial charge in [-0.25, -0.2) is 4.39 Å². The van der Waals surface area contributed by atoms with E-state index in [2.05, 4.69) is 15.9 Å². The maximum atomic E-state index is 13.0. The van der Waals surface area contributed by atoms with Crippen LogP contribution in [0.3, 0.4) is 0 Å². The summed E-state index contributed by atoms with van der Waals surface area (Å²) in [5.74, 6) is -0.511. The van der Waals surface area contributed by atoms with Crippen molar-refractivity contribution in [2.24, 2.45) is 0 Å². The Morgan fingerprint density at radius 2 is 1.95 bits per heavy atom. The minimum Gasteiger partial charge on any atom is -0.465 e. The largest absolute Gasteiger partial charge is 0.465 e. The lowest BCUT2D eigenvalue weighted by molar-refractivity contribution is -0.144. The van der Waals surface area contributed by atoms with E-state index >= 15 is 0 Å². The van der Waals surface area contributed by atoms with Gasteiger partial charge in [0.05, 0.1) is 16.9 Å². The van der Waals surface area contributed by atoms with Crippen LogP contribution in [0.1, 0.15) is 17.4 Å². The van der Waals surface area contributed by atoms with Gasteiger partial charge in [0.2, 0.25) is 0 Å². The highest BCUT2D eigenvalue weighted by molar-refractivity contribution is 9.11. The first-order valence-electron chi connectivity index (χ1n) is 6.93. The number of rotatable bonds is 7. The average Bonchev–Trinajstić information content (AvgIpc) is 2.87. The van der Waals surface area contributed by atoms with Crippen molar-refractivity contribution < 1.29 is 13.9 Å². The Morgan fingerprint density at radius 3 is 2.55 bits per heavy atom. The normalized spacial score (nSPS) is 10.9. The van der Waals surface area contributed by atoms with Gasteiger partial charge in [0.25, 0.3) is 0 Å². The van der Waals surface area contributed by atoms with Crippen LogP contribution in [0.5, 0.6) is 0 Å². The fourth-order valence-electron chi connectivity index (χ4n) is 2.06. The first kappa shape index (κ1) is 17.1. The number of carbonyl (C=O) groups is 1. The second-order valence-electron chi connectivity index (χ2n) is 4.78. The minimum absolute atomic E-state index is 0.209. The van der Waals surface area contributed by atoms with E-state index in [1.807, 2.05) is 17.0 Å². The Balaban J connectivity index is 2.06. The first-order valence-corrected chi connectivity index (χ1v) is 8.54. The Labute approximate surface area is 141 Å². The van der Waals surface area contributed by atoms with E-state index in [1.54, 1.807) is 30.4 Å². The molecule has 0 atom stereocenters. The van der Waals surface area contributed by atoms with Crippen molar-refractivity contribution in [3.8, 4) is 0 Å². The molecule has 0 aliphatic rings. The molecule has 6 heteroatoms. The van der Waals surface area contributed by atoms with E-state index in [4.69, 9.17) is 4.74 Å². The molecule has 1 aromatic carbocycles. The third-order valence-electron chi connectivity index (χ3n) is 2.99. The quantitative estimate of drug-likeness (QED) is 0.668. The zero-order valence-corrected chi connectivity index (χ0v) is 14.6. The second-order valence-corrected chi connectivity index (χ2v) is 7.33. The monoisotopic (exact) mass is 385 g/mol. The number of esters is 1. The number of thiophene rings is 1. The summed E-state index contributed by atoms with van der Waals surface area (Å²) in [6.07, 6.45) is 0. The van der Waals surface area contributed by atoms with Crippen LogP contribution in [0, 0.1) is 5.82 Å². The molecule has 0 aliphatic carbocycles. The molecule has 2 rings (SSSR count). The Bertz CT molecular complexity index is 615. The number of nitrogens with zero attached hydrogens (tertiary/aromatic N) is 1. The fourth-order valence-corrected chi connectivity index (χ4v) is 3.59. The van der Waals surface area contributed by atoms with Gasteiger partial charge in [0.15, 0.2) is 0 Å². The summed E-state index contributed by atoms with van der Waals surface area (Å²) in [5.41, 5.74) is 0.960. The van der Waals surface area contributed by atoms with Crippen LogP contribution in [0.4, 0.5) is 4.39 Å². The highest BCUT2D eigenvalue weighted by Crippen LogP contribution is 2.24. The number of halogens is 2. The minimum atomic E-state index is -0.261. The van der Waals surface area contributed by atoms with Crippen molar-refractivity contribution in [3.63, 3.8) is 0 Å². The van der Waals surface area contributed by atoms with Gasteiger partial charge < -0.3 is 4.74 Å². The highest BCUT2D eigenvalue weighted by atomic mass is 79.9. The molecule has 1 aromatic heterocycles. The molecule has 2 aromatic rings. The fraction of sp³-hybridized carbons (Fsp3) is 0.312. The molecule has 0 unspecified atom stereocenters. The number of hydrogen-bond acceptors (Lipinski definition) is 4. The molecule has 3 nitrogen and oxygen atoms in total. The number of hydrogen-bond donors (Lipinski definition) is 0. The molecule has 0 fully saturated rings. The lowest BCUT2D eigenvalue weighted by Crippen LogP contribution is -2.30. The van der Waals surface area contributed by atoms with E-state index in [0.29, 0.717) is 19.7 Å². The Kier molecular flexibility index (Phi) is 6.54. The lowest BCUT2D eigenvalue weighted by atomic mass is 10.2. The molecule has 0 saturated heterocycles. The van der Waals surface area contributed by atoms with Gasteiger partial charge in [-0.3, -0.25) is 9.69 Å². The molecule has 22 heavy (non-hydrogen) atoms. The SMILES string of the molecule is CCOC(=O)CN(Cc1ccc(F)cc1)Cc1ccc(Br)s1. The lowest BCUT2D eigenvalue weighted by Gasteiger charge is -2.20. The van der Waals surface area contributed by atoms with Crippen LogP contribution in [-0.2, 0) is 22.6 Å². The van der Waals surface area contributed by atoms with Crippen LogP contribution >= 0.6 is 27.3 Å². The van der Waals surface area contributed by atoms with Gasteiger partial charge in [-0.1, -0.05) is 12.1 Å². The summed E-state index contributed by atoms with van der Waals surface area (Å²) in [7, 11) is 0. The zero-order chi connectivity index (χ0) is 15.9.